The molecule has 5 heteroatoms. The molecule has 0 atom stereocenters. The lowest BCUT2D eigenvalue weighted by molar-refractivity contribution is 0.306. The molecular formula is C21H21NO4. The number of methoxy groups -OCH3 is 1. The molecule has 0 saturated heterocycles. The Morgan fingerprint density at radius 1 is 1.08 bits per heavy atom. The van der Waals surface area contributed by atoms with Gasteiger partial charge in [-0.2, -0.15) is 0 Å². The summed E-state index contributed by atoms with van der Waals surface area (Å²) < 4.78 is 18.4. The van der Waals surface area contributed by atoms with E-state index >= 15 is 0 Å². The Morgan fingerprint density at radius 2 is 1.85 bits per heavy atom. The minimum Gasteiger partial charge on any atom is -0.492 e. The van der Waals surface area contributed by atoms with E-state index in [0.717, 1.165) is 10.9 Å². The lowest BCUT2D eigenvalue weighted by atomic mass is 10.1. The first kappa shape index (κ1) is 17.6. The van der Waals surface area contributed by atoms with Crippen molar-refractivity contribution in [2.45, 2.75) is 6.61 Å². The number of fused-ring (bicyclic) bond motifs is 1. The Balaban J connectivity index is 2.00. The van der Waals surface area contributed by atoms with Crippen molar-refractivity contribution in [1.29, 1.82) is 0 Å². The van der Waals surface area contributed by atoms with Crippen LogP contribution in [0.1, 0.15) is 5.56 Å². The van der Waals surface area contributed by atoms with Gasteiger partial charge in [0.05, 0.1) is 12.6 Å². The van der Waals surface area contributed by atoms with E-state index in [1.807, 2.05) is 48.5 Å². The van der Waals surface area contributed by atoms with E-state index in [1.54, 1.807) is 13.1 Å². The smallest absolute Gasteiger partial charge is 0.297 e. The van der Waals surface area contributed by atoms with E-state index in [2.05, 4.69) is 6.58 Å². The fourth-order valence-electron chi connectivity index (χ4n) is 2.77. The maximum absolute atomic E-state index is 12.6. The monoisotopic (exact) mass is 351 g/mol. The molecule has 3 aromatic rings. The molecule has 26 heavy (non-hydrogen) atoms. The van der Waals surface area contributed by atoms with Gasteiger partial charge in [0.2, 0.25) is 5.75 Å². The number of hydrogen-bond donors (Lipinski definition) is 0. The van der Waals surface area contributed by atoms with Gasteiger partial charge < -0.3 is 18.8 Å². The first-order chi connectivity index (χ1) is 12.7. The van der Waals surface area contributed by atoms with Crippen molar-refractivity contribution >= 4 is 10.9 Å². The summed E-state index contributed by atoms with van der Waals surface area (Å²) in [5.41, 5.74) is 1.52. The molecule has 0 unspecified atom stereocenters. The van der Waals surface area contributed by atoms with Gasteiger partial charge in [0, 0.05) is 18.5 Å². The molecule has 0 fully saturated rings. The van der Waals surface area contributed by atoms with Gasteiger partial charge in [0.25, 0.3) is 5.56 Å². The summed E-state index contributed by atoms with van der Waals surface area (Å²) in [6.07, 6.45) is 1.59. The topological polar surface area (TPSA) is 49.7 Å². The molecule has 3 rings (SSSR count). The highest BCUT2D eigenvalue weighted by atomic mass is 16.5. The summed E-state index contributed by atoms with van der Waals surface area (Å²) in [7, 11) is 3.22. The molecule has 2 aromatic carbocycles. The number of hydrogen-bond acceptors (Lipinski definition) is 4. The van der Waals surface area contributed by atoms with Crippen molar-refractivity contribution in [3.63, 3.8) is 0 Å². The van der Waals surface area contributed by atoms with E-state index in [9.17, 15) is 4.79 Å². The summed E-state index contributed by atoms with van der Waals surface area (Å²) in [5.74, 6) is 1.28. The largest absolute Gasteiger partial charge is 0.492 e. The fraction of sp³-hybridized carbons (Fsp3) is 0.190. The van der Waals surface area contributed by atoms with Crippen molar-refractivity contribution in [3.8, 4) is 17.2 Å². The number of pyridine rings is 1. The van der Waals surface area contributed by atoms with Crippen LogP contribution in [0.2, 0.25) is 0 Å². The Labute approximate surface area is 152 Å². The summed E-state index contributed by atoms with van der Waals surface area (Å²) in [6, 6.07) is 15.5. The molecular weight excluding hydrogens is 330 g/mol. The number of benzene rings is 2. The molecule has 0 N–H and O–H groups in total. The second-order valence-electron chi connectivity index (χ2n) is 5.78. The second kappa shape index (κ2) is 7.78. The zero-order valence-corrected chi connectivity index (χ0v) is 14.9. The number of aryl methyl sites for hydroxylation is 1. The van der Waals surface area contributed by atoms with Crippen molar-refractivity contribution in [1.82, 2.24) is 4.57 Å². The van der Waals surface area contributed by atoms with Crippen LogP contribution in [0, 0.1) is 0 Å². The van der Waals surface area contributed by atoms with Gasteiger partial charge >= 0.3 is 0 Å². The van der Waals surface area contributed by atoms with Crippen LogP contribution < -0.4 is 19.8 Å². The lowest BCUT2D eigenvalue weighted by Crippen LogP contribution is -2.21. The van der Waals surface area contributed by atoms with Gasteiger partial charge in [0.15, 0.2) is 5.75 Å². The molecule has 0 radical (unpaired) electrons. The average molecular weight is 351 g/mol. The predicted molar refractivity (Wildman–Crippen MR) is 102 cm³/mol. The summed E-state index contributed by atoms with van der Waals surface area (Å²) >= 11 is 0. The summed E-state index contributed by atoms with van der Waals surface area (Å²) in [4.78, 5) is 12.6. The van der Waals surface area contributed by atoms with Gasteiger partial charge in [-0.05, 0) is 17.7 Å². The highest BCUT2D eigenvalue weighted by Crippen LogP contribution is 2.34. The lowest BCUT2D eigenvalue weighted by Gasteiger charge is -2.15. The third-order valence-electron chi connectivity index (χ3n) is 4.08. The Hall–Kier alpha value is -3.21. The molecule has 0 aliphatic heterocycles. The second-order valence-corrected chi connectivity index (χ2v) is 5.78. The number of ether oxygens (including phenoxy) is 3. The van der Waals surface area contributed by atoms with Gasteiger partial charge in [-0.25, -0.2) is 0 Å². The van der Waals surface area contributed by atoms with Crippen LogP contribution >= 0.6 is 0 Å². The molecule has 0 aliphatic rings. The van der Waals surface area contributed by atoms with E-state index in [0.29, 0.717) is 23.6 Å². The van der Waals surface area contributed by atoms with Gasteiger partial charge in [-0.15, -0.1) is 0 Å². The van der Waals surface area contributed by atoms with Crippen molar-refractivity contribution < 1.29 is 14.2 Å². The van der Waals surface area contributed by atoms with Crippen LogP contribution in [0.15, 0.2) is 66.0 Å². The van der Waals surface area contributed by atoms with Crippen LogP contribution in [0.3, 0.4) is 0 Å². The zero-order valence-electron chi connectivity index (χ0n) is 14.9. The van der Waals surface area contributed by atoms with E-state index in [1.165, 1.54) is 11.7 Å². The van der Waals surface area contributed by atoms with Gasteiger partial charge in [-0.1, -0.05) is 43.0 Å². The van der Waals surface area contributed by atoms with Gasteiger partial charge in [-0.3, -0.25) is 4.79 Å². The maximum atomic E-state index is 12.6. The predicted octanol–water partition coefficient (Wildman–Crippen LogP) is 3.69. The quantitative estimate of drug-likeness (QED) is 0.609. The van der Waals surface area contributed by atoms with Crippen molar-refractivity contribution in [2.24, 2.45) is 7.05 Å². The molecule has 0 saturated carbocycles. The molecule has 1 heterocycles. The summed E-state index contributed by atoms with van der Waals surface area (Å²) in [6.45, 7) is 4.30. The van der Waals surface area contributed by atoms with Crippen LogP contribution in [0.5, 0.6) is 17.2 Å². The minimum atomic E-state index is -0.267. The zero-order chi connectivity index (χ0) is 18.5. The molecule has 0 amide bonds. The fourth-order valence-corrected chi connectivity index (χ4v) is 2.77. The third-order valence-corrected chi connectivity index (χ3v) is 4.08. The Kier molecular flexibility index (Phi) is 5.27. The molecule has 1 aromatic heterocycles. The number of rotatable bonds is 7. The highest BCUT2D eigenvalue weighted by molar-refractivity contribution is 5.89. The SMILES string of the molecule is C=CCOc1c(OC)c2ccc(OCc3ccccc3)cc2n(C)c1=O. The summed E-state index contributed by atoms with van der Waals surface area (Å²) in [5, 5.41) is 0.778. The highest BCUT2D eigenvalue weighted by Gasteiger charge is 2.17. The van der Waals surface area contributed by atoms with Crippen LogP contribution in [0.4, 0.5) is 0 Å². The van der Waals surface area contributed by atoms with E-state index < -0.39 is 0 Å². The molecule has 0 aliphatic carbocycles. The minimum absolute atomic E-state index is 0.181. The van der Waals surface area contributed by atoms with E-state index in [4.69, 9.17) is 14.2 Å². The molecule has 5 nitrogen and oxygen atoms in total. The first-order valence-corrected chi connectivity index (χ1v) is 8.27. The number of nitrogens with zero attached hydrogens (tertiary/aromatic N) is 1. The number of aromatic nitrogens is 1. The Morgan fingerprint density at radius 3 is 2.54 bits per heavy atom. The van der Waals surface area contributed by atoms with E-state index in [-0.39, 0.29) is 17.9 Å². The maximum Gasteiger partial charge on any atom is 0.297 e. The molecule has 134 valence electrons. The Bertz CT molecular complexity index is 977. The van der Waals surface area contributed by atoms with Crippen LogP contribution in [0.25, 0.3) is 10.9 Å². The molecule has 0 bridgehead atoms. The third kappa shape index (κ3) is 3.42. The first-order valence-electron chi connectivity index (χ1n) is 8.27. The van der Waals surface area contributed by atoms with Crippen LogP contribution in [-0.4, -0.2) is 18.3 Å². The molecule has 0 spiro atoms. The van der Waals surface area contributed by atoms with Crippen molar-refractivity contribution in [3.05, 3.63) is 77.1 Å². The van der Waals surface area contributed by atoms with Crippen molar-refractivity contribution in [2.75, 3.05) is 13.7 Å². The van der Waals surface area contributed by atoms with Gasteiger partial charge in [0.1, 0.15) is 19.0 Å². The average Bonchev–Trinajstić information content (AvgIpc) is 2.69. The normalized spacial score (nSPS) is 10.5. The van der Waals surface area contributed by atoms with Crippen LogP contribution in [-0.2, 0) is 13.7 Å². The standard InChI is InChI=1S/C21H21NO4/c1-4-12-25-20-19(24-3)17-11-10-16(13-18(17)22(2)21(20)23)26-14-15-8-6-5-7-9-15/h4-11,13H,1,12,14H2,2-3H3.